The Hall–Kier alpha value is -2.14. The van der Waals surface area contributed by atoms with Gasteiger partial charge in [-0.15, -0.1) is 0 Å². The molecule has 0 saturated heterocycles. The summed E-state index contributed by atoms with van der Waals surface area (Å²) in [5, 5.41) is 3.78. The molecule has 1 aliphatic rings. The molecule has 0 spiro atoms. The van der Waals surface area contributed by atoms with Gasteiger partial charge in [0.15, 0.2) is 0 Å². The van der Waals surface area contributed by atoms with Crippen LogP contribution in [0, 0.1) is 0 Å². The van der Waals surface area contributed by atoms with Crippen molar-refractivity contribution in [2.45, 2.75) is 46.3 Å². The second-order valence-electron chi connectivity index (χ2n) is 6.18. The van der Waals surface area contributed by atoms with Crippen LogP contribution in [-0.4, -0.2) is 22.4 Å². The van der Waals surface area contributed by atoms with E-state index < -0.39 is 0 Å². The van der Waals surface area contributed by atoms with Crippen LogP contribution in [0.4, 0.5) is 0 Å². The lowest BCUT2D eigenvalue weighted by molar-refractivity contribution is -0.140. The minimum atomic E-state index is -0.321. The number of aryl methyl sites for hydroxylation is 1. The zero-order chi connectivity index (χ0) is 17.3. The van der Waals surface area contributed by atoms with E-state index in [0.717, 1.165) is 24.1 Å². The molecule has 5 heteroatoms. The summed E-state index contributed by atoms with van der Waals surface area (Å²) in [6.07, 6.45) is 3.45. The number of hydrogen-bond donors (Lipinski definition) is 0. The number of carbonyl (C=O) groups is 2. The SMILES string of the molecule is CCCc1cc2n(c1C(=O)c1ccsc1)CC=C2C(=O)OC(C)C. The highest BCUT2D eigenvalue weighted by molar-refractivity contribution is 7.08. The van der Waals surface area contributed by atoms with Crippen molar-refractivity contribution in [3.05, 3.63) is 51.5 Å². The lowest BCUT2D eigenvalue weighted by Gasteiger charge is -2.09. The second kappa shape index (κ2) is 6.77. The van der Waals surface area contributed by atoms with Crippen molar-refractivity contribution in [3.8, 4) is 0 Å². The second-order valence-corrected chi connectivity index (χ2v) is 6.96. The number of aromatic nitrogens is 1. The highest BCUT2D eigenvalue weighted by atomic mass is 32.1. The van der Waals surface area contributed by atoms with Crippen molar-refractivity contribution < 1.29 is 14.3 Å². The maximum atomic E-state index is 12.9. The van der Waals surface area contributed by atoms with E-state index in [1.807, 2.05) is 47.4 Å². The number of nitrogens with zero attached hydrogens (tertiary/aromatic N) is 1. The number of ether oxygens (including phenoxy) is 1. The molecular weight excluding hydrogens is 322 g/mol. The molecule has 0 aliphatic carbocycles. The Kier molecular flexibility index (Phi) is 4.71. The number of rotatable bonds is 6. The molecule has 0 atom stereocenters. The van der Waals surface area contributed by atoms with Gasteiger partial charge in [0.25, 0.3) is 0 Å². The van der Waals surface area contributed by atoms with Gasteiger partial charge in [0.2, 0.25) is 5.78 Å². The number of ketones is 1. The number of hydrogen-bond acceptors (Lipinski definition) is 4. The van der Waals surface area contributed by atoms with Crippen molar-refractivity contribution in [1.29, 1.82) is 0 Å². The van der Waals surface area contributed by atoms with E-state index in [1.54, 1.807) is 0 Å². The summed E-state index contributed by atoms with van der Waals surface area (Å²) in [6.45, 7) is 6.29. The van der Waals surface area contributed by atoms with Crippen LogP contribution in [-0.2, 0) is 22.5 Å². The maximum absolute atomic E-state index is 12.9. The Bertz CT molecular complexity index is 797. The third-order valence-corrected chi connectivity index (χ3v) is 4.69. The summed E-state index contributed by atoms with van der Waals surface area (Å²) in [5.41, 5.74) is 3.77. The average molecular weight is 343 g/mol. The van der Waals surface area contributed by atoms with Crippen LogP contribution >= 0.6 is 11.3 Å². The van der Waals surface area contributed by atoms with Crippen LogP contribution in [0.1, 0.15) is 54.5 Å². The van der Waals surface area contributed by atoms with Crippen LogP contribution in [0.15, 0.2) is 29.0 Å². The first-order chi connectivity index (χ1) is 11.5. The van der Waals surface area contributed by atoms with Gasteiger partial charge in [0, 0.05) is 17.5 Å². The lowest BCUT2D eigenvalue weighted by Crippen LogP contribution is -2.13. The summed E-state index contributed by atoms with van der Waals surface area (Å²) < 4.78 is 7.28. The molecule has 0 bridgehead atoms. The van der Waals surface area contributed by atoms with Gasteiger partial charge < -0.3 is 9.30 Å². The summed E-state index contributed by atoms with van der Waals surface area (Å²) in [5.74, 6) is -0.295. The van der Waals surface area contributed by atoms with Crippen molar-refractivity contribution in [2.24, 2.45) is 0 Å². The maximum Gasteiger partial charge on any atom is 0.340 e. The molecule has 2 aromatic rings. The van der Waals surface area contributed by atoms with Crippen LogP contribution in [0.5, 0.6) is 0 Å². The number of fused-ring (bicyclic) bond motifs is 1. The van der Waals surface area contributed by atoms with Crippen molar-refractivity contribution in [2.75, 3.05) is 0 Å². The third kappa shape index (κ3) is 2.96. The fraction of sp³-hybridized carbons (Fsp3) is 0.368. The van der Waals surface area contributed by atoms with Gasteiger partial charge in [0.05, 0.1) is 23.1 Å². The first kappa shape index (κ1) is 16.7. The van der Waals surface area contributed by atoms with E-state index in [-0.39, 0.29) is 17.9 Å². The van der Waals surface area contributed by atoms with Gasteiger partial charge in [-0.3, -0.25) is 4.79 Å². The molecule has 3 heterocycles. The first-order valence-electron chi connectivity index (χ1n) is 8.23. The molecule has 2 aromatic heterocycles. The summed E-state index contributed by atoms with van der Waals surface area (Å²) in [4.78, 5) is 25.2. The predicted octanol–water partition coefficient (Wildman–Crippen LogP) is 4.08. The summed E-state index contributed by atoms with van der Waals surface area (Å²) in [6, 6.07) is 3.82. The van der Waals surface area contributed by atoms with Crippen LogP contribution < -0.4 is 0 Å². The van der Waals surface area contributed by atoms with E-state index in [9.17, 15) is 9.59 Å². The van der Waals surface area contributed by atoms with E-state index in [2.05, 4.69) is 6.92 Å². The van der Waals surface area contributed by atoms with Crippen molar-refractivity contribution in [3.63, 3.8) is 0 Å². The van der Waals surface area contributed by atoms with E-state index in [0.29, 0.717) is 23.4 Å². The molecule has 3 rings (SSSR count). The fourth-order valence-corrected chi connectivity index (χ4v) is 3.67. The average Bonchev–Trinajstić information content (AvgIpc) is 3.22. The Morgan fingerprint density at radius 2 is 2.17 bits per heavy atom. The van der Waals surface area contributed by atoms with E-state index in [4.69, 9.17) is 4.74 Å². The van der Waals surface area contributed by atoms with Crippen LogP contribution in [0.3, 0.4) is 0 Å². The Morgan fingerprint density at radius 1 is 1.38 bits per heavy atom. The minimum absolute atomic E-state index is 0.0258. The Morgan fingerprint density at radius 3 is 2.79 bits per heavy atom. The molecule has 4 nitrogen and oxygen atoms in total. The molecule has 0 fully saturated rings. The zero-order valence-corrected chi connectivity index (χ0v) is 15.0. The van der Waals surface area contributed by atoms with Gasteiger partial charge in [0.1, 0.15) is 0 Å². The molecule has 0 N–H and O–H groups in total. The molecule has 0 aromatic carbocycles. The van der Waals surface area contributed by atoms with Crippen molar-refractivity contribution in [1.82, 2.24) is 4.57 Å². The van der Waals surface area contributed by atoms with Gasteiger partial charge in [-0.1, -0.05) is 13.3 Å². The van der Waals surface area contributed by atoms with Gasteiger partial charge in [-0.25, -0.2) is 4.79 Å². The van der Waals surface area contributed by atoms with E-state index in [1.165, 1.54) is 11.3 Å². The van der Waals surface area contributed by atoms with Crippen LogP contribution in [0.25, 0.3) is 5.57 Å². The van der Waals surface area contributed by atoms with Crippen LogP contribution in [0.2, 0.25) is 0 Å². The standard InChI is InChI=1S/C19H21NO3S/c1-4-5-13-10-16-15(19(22)23-12(2)3)6-8-20(16)17(13)18(21)14-7-9-24-11-14/h6-7,9-12H,4-5,8H2,1-3H3. The zero-order valence-electron chi connectivity index (χ0n) is 14.2. The highest BCUT2D eigenvalue weighted by Crippen LogP contribution is 2.31. The predicted molar refractivity (Wildman–Crippen MR) is 95.4 cm³/mol. The molecule has 126 valence electrons. The largest absolute Gasteiger partial charge is 0.459 e. The summed E-state index contributed by atoms with van der Waals surface area (Å²) in [7, 11) is 0. The lowest BCUT2D eigenvalue weighted by atomic mass is 10.0. The van der Waals surface area contributed by atoms with Crippen molar-refractivity contribution >= 4 is 28.7 Å². The van der Waals surface area contributed by atoms with Gasteiger partial charge in [-0.05, 0) is 49.4 Å². The topological polar surface area (TPSA) is 48.3 Å². The molecule has 0 saturated carbocycles. The highest BCUT2D eigenvalue weighted by Gasteiger charge is 2.29. The molecule has 0 radical (unpaired) electrons. The molecular formula is C19H21NO3S. The summed E-state index contributed by atoms with van der Waals surface area (Å²) >= 11 is 1.51. The fourth-order valence-electron chi connectivity index (χ4n) is 3.03. The quantitative estimate of drug-likeness (QED) is 0.586. The normalized spacial score (nSPS) is 13.1. The molecule has 0 unspecified atom stereocenters. The minimum Gasteiger partial charge on any atom is -0.459 e. The number of thiophene rings is 1. The Balaban J connectivity index is 2.01. The molecule has 0 amide bonds. The Labute approximate surface area is 145 Å². The first-order valence-corrected chi connectivity index (χ1v) is 9.18. The monoisotopic (exact) mass is 343 g/mol. The number of esters is 1. The smallest absolute Gasteiger partial charge is 0.340 e. The van der Waals surface area contributed by atoms with E-state index >= 15 is 0 Å². The van der Waals surface area contributed by atoms with Gasteiger partial charge >= 0.3 is 5.97 Å². The third-order valence-electron chi connectivity index (χ3n) is 4.01. The molecule has 24 heavy (non-hydrogen) atoms. The molecule has 1 aliphatic heterocycles. The van der Waals surface area contributed by atoms with Gasteiger partial charge in [-0.2, -0.15) is 11.3 Å². The number of allylic oxidation sites excluding steroid dienone is 1. The number of carbonyl (C=O) groups excluding carboxylic acids is 2.